The summed E-state index contributed by atoms with van der Waals surface area (Å²) in [5, 5.41) is 22.3. The number of esters is 1. The minimum absolute atomic E-state index is 0.416. The van der Waals surface area contributed by atoms with Crippen molar-refractivity contribution in [3.05, 3.63) is 53.1 Å². The van der Waals surface area contributed by atoms with Crippen molar-refractivity contribution in [2.45, 2.75) is 31.8 Å². The van der Waals surface area contributed by atoms with E-state index in [1.165, 1.54) is 6.92 Å². The predicted octanol–water partition coefficient (Wildman–Crippen LogP) is 3.70. The molecule has 0 spiro atoms. The number of rotatable bonds is 7. The Morgan fingerprint density at radius 1 is 1.14 bits per heavy atom. The van der Waals surface area contributed by atoms with Gasteiger partial charge in [-0.2, -0.15) is 10.5 Å². The number of ether oxygens (including phenoxy) is 2. The van der Waals surface area contributed by atoms with Gasteiger partial charge in [-0.3, -0.25) is 4.79 Å². The van der Waals surface area contributed by atoms with Crippen molar-refractivity contribution in [2.75, 3.05) is 11.9 Å². The Hall–Kier alpha value is -3.49. The lowest BCUT2D eigenvalue weighted by molar-refractivity contribution is -0.153. The van der Waals surface area contributed by atoms with Gasteiger partial charge in [0.05, 0.1) is 11.6 Å². The normalized spacial score (nSPS) is 10.9. The van der Waals surface area contributed by atoms with Gasteiger partial charge < -0.3 is 14.8 Å². The molecule has 2 aromatic rings. The smallest absolute Gasteiger partial charge is 0.347 e. The van der Waals surface area contributed by atoms with Gasteiger partial charge >= 0.3 is 5.97 Å². The van der Waals surface area contributed by atoms with Crippen molar-refractivity contribution >= 4 is 29.3 Å². The van der Waals surface area contributed by atoms with Gasteiger partial charge in [0.1, 0.15) is 11.2 Å². The minimum atomic E-state index is -0.915. The second-order valence-electron chi connectivity index (χ2n) is 6.18. The van der Waals surface area contributed by atoms with Crippen LogP contribution in [-0.4, -0.2) is 24.6 Å². The fourth-order valence-electron chi connectivity index (χ4n) is 2.52. The molecule has 0 radical (unpaired) electrons. The Bertz CT molecular complexity index is 967. The molecule has 1 atom stereocenters. The lowest BCUT2D eigenvalue weighted by Gasteiger charge is -2.15. The Morgan fingerprint density at radius 3 is 2.31 bits per heavy atom. The van der Waals surface area contributed by atoms with Gasteiger partial charge in [0.15, 0.2) is 12.7 Å². The van der Waals surface area contributed by atoms with Crippen molar-refractivity contribution in [3.63, 3.8) is 0 Å². The summed E-state index contributed by atoms with van der Waals surface area (Å²) in [4.78, 5) is 25.0. The SMILES string of the molecule is Cc1cc(SC#N)cc(C)c1NC(=O)COC(=O)[C@@H](C)Oc1ccc(C#N)cc1. The average Bonchev–Trinajstić information content (AvgIpc) is 2.69. The predicted molar refractivity (Wildman–Crippen MR) is 108 cm³/mol. The zero-order chi connectivity index (χ0) is 21.4. The van der Waals surface area contributed by atoms with Crippen LogP contribution in [0.2, 0.25) is 0 Å². The molecule has 0 heterocycles. The number of carbonyl (C=O) groups is 2. The van der Waals surface area contributed by atoms with E-state index < -0.39 is 24.6 Å². The van der Waals surface area contributed by atoms with Crippen LogP contribution in [0.5, 0.6) is 5.75 Å². The van der Waals surface area contributed by atoms with Crippen LogP contribution in [0.15, 0.2) is 41.3 Å². The van der Waals surface area contributed by atoms with Crippen molar-refractivity contribution in [1.82, 2.24) is 0 Å². The number of hydrogen-bond donors (Lipinski definition) is 1. The van der Waals surface area contributed by atoms with E-state index in [0.717, 1.165) is 27.8 Å². The molecule has 0 saturated carbocycles. The molecule has 29 heavy (non-hydrogen) atoms. The van der Waals surface area contributed by atoms with E-state index in [9.17, 15) is 9.59 Å². The highest BCUT2D eigenvalue weighted by molar-refractivity contribution is 8.03. The van der Waals surface area contributed by atoms with E-state index in [4.69, 9.17) is 20.0 Å². The topological polar surface area (TPSA) is 112 Å². The van der Waals surface area contributed by atoms with E-state index in [-0.39, 0.29) is 0 Å². The van der Waals surface area contributed by atoms with Gasteiger partial charge in [0.2, 0.25) is 0 Å². The number of thiocyanates is 1. The molecule has 1 amide bonds. The molecule has 2 rings (SSSR count). The largest absolute Gasteiger partial charge is 0.479 e. The molecular formula is C21H19N3O4S. The van der Waals surface area contributed by atoms with Crippen molar-refractivity contribution in [2.24, 2.45) is 0 Å². The number of carbonyl (C=O) groups excluding carboxylic acids is 2. The molecule has 0 aromatic heterocycles. The second-order valence-corrected chi connectivity index (χ2v) is 7.04. The average molecular weight is 409 g/mol. The molecule has 8 heteroatoms. The Morgan fingerprint density at radius 2 is 1.76 bits per heavy atom. The third-order valence-electron chi connectivity index (χ3n) is 3.91. The van der Waals surface area contributed by atoms with Gasteiger partial charge in [-0.25, -0.2) is 4.79 Å². The Labute approximate surface area is 173 Å². The molecule has 2 aromatic carbocycles. The van der Waals surface area contributed by atoms with E-state index in [0.29, 0.717) is 17.0 Å². The van der Waals surface area contributed by atoms with Gasteiger partial charge in [-0.05, 0) is 80.1 Å². The third-order valence-corrected chi connectivity index (χ3v) is 4.47. The summed E-state index contributed by atoms with van der Waals surface area (Å²) in [5.74, 6) is -0.742. The van der Waals surface area contributed by atoms with E-state index in [2.05, 4.69) is 5.32 Å². The first-order chi connectivity index (χ1) is 13.8. The minimum Gasteiger partial charge on any atom is -0.479 e. The molecule has 0 fully saturated rings. The molecular weight excluding hydrogens is 390 g/mol. The zero-order valence-electron chi connectivity index (χ0n) is 16.2. The fraction of sp³-hybridized carbons (Fsp3) is 0.238. The lowest BCUT2D eigenvalue weighted by Crippen LogP contribution is -2.30. The number of benzene rings is 2. The Balaban J connectivity index is 1.89. The van der Waals surface area contributed by atoms with Crippen molar-refractivity contribution in [3.8, 4) is 17.2 Å². The lowest BCUT2D eigenvalue weighted by atomic mass is 10.1. The van der Waals surface area contributed by atoms with Crippen LogP contribution in [0.25, 0.3) is 0 Å². The van der Waals surface area contributed by atoms with Crippen LogP contribution in [0, 0.1) is 35.8 Å². The standard InChI is InChI=1S/C21H19N3O4S/c1-13-8-18(29-12-23)9-14(2)20(13)24-19(25)11-27-21(26)15(3)28-17-6-4-16(10-22)5-7-17/h4-9,15H,11H2,1-3H3,(H,24,25)/t15-/m1/s1. The van der Waals surface area contributed by atoms with Gasteiger partial charge in [0, 0.05) is 10.6 Å². The maximum Gasteiger partial charge on any atom is 0.347 e. The highest BCUT2D eigenvalue weighted by Crippen LogP contribution is 2.27. The molecule has 0 unspecified atom stereocenters. The highest BCUT2D eigenvalue weighted by Gasteiger charge is 2.18. The quantitative estimate of drug-likeness (QED) is 0.421. The first-order valence-electron chi connectivity index (χ1n) is 8.64. The van der Waals surface area contributed by atoms with Crippen molar-refractivity contribution in [1.29, 1.82) is 10.5 Å². The van der Waals surface area contributed by atoms with Crippen LogP contribution in [0.4, 0.5) is 5.69 Å². The summed E-state index contributed by atoms with van der Waals surface area (Å²) in [6.45, 7) is 4.71. The molecule has 0 aliphatic carbocycles. The summed E-state index contributed by atoms with van der Waals surface area (Å²) < 4.78 is 10.5. The first-order valence-corrected chi connectivity index (χ1v) is 9.46. The fourth-order valence-corrected chi connectivity index (χ4v) is 3.10. The third kappa shape index (κ3) is 6.27. The summed E-state index contributed by atoms with van der Waals surface area (Å²) >= 11 is 1.04. The van der Waals surface area contributed by atoms with Crippen LogP contribution in [0.1, 0.15) is 23.6 Å². The monoisotopic (exact) mass is 409 g/mol. The molecule has 0 aliphatic rings. The maximum atomic E-state index is 12.2. The van der Waals surface area contributed by atoms with Crippen LogP contribution >= 0.6 is 11.8 Å². The highest BCUT2D eigenvalue weighted by atomic mass is 32.2. The number of nitrogens with zero attached hydrogens (tertiary/aromatic N) is 2. The van der Waals surface area contributed by atoms with Gasteiger partial charge in [0.25, 0.3) is 5.91 Å². The van der Waals surface area contributed by atoms with E-state index in [1.54, 1.807) is 36.4 Å². The summed E-state index contributed by atoms with van der Waals surface area (Å²) in [7, 11) is 0. The number of amides is 1. The van der Waals surface area contributed by atoms with E-state index >= 15 is 0 Å². The zero-order valence-corrected chi connectivity index (χ0v) is 17.0. The number of nitrogens with one attached hydrogen (secondary N) is 1. The number of nitriles is 2. The molecule has 0 aliphatic heterocycles. The summed E-state index contributed by atoms with van der Waals surface area (Å²) in [6, 6.07) is 11.9. The molecule has 0 saturated heterocycles. The summed E-state index contributed by atoms with van der Waals surface area (Å²) in [5.41, 5.74) is 2.71. The number of thioether (sulfide) groups is 1. The number of aryl methyl sites for hydroxylation is 2. The second kappa shape index (κ2) is 10.2. The van der Waals surface area contributed by atoms with Crippen molar-refractivity contribution < 1.29 is 19.1 Å². The van der Waals surface area contributed by atoms with Crippen LogP contribution in [0.3, 0.4) is 0 Å². The van der Waals surface area contributed by atoms with Gasteiger partial charge in [-0.15, -0.1) is 0 Å². The van der Waals surface area contributed by atoms with Gasteiger partial charge in [-0.1, -0.05) is 0 Å². The van der Waals surface area contributed by atoms with E-state index in [1.807, 2.05) is 25.3 Å². The Kier molecular flexibility index (Phi) is 7.64. The number of anilines is 1. The number of hydrogen-bond acceptors (Lipinski definition) is 7. The maximum absolute atomic E-state index is 12.2. The molecule has 1 N–H and O–H groups in total. The van der Waals surface area contributed by atoms with Crippen LogP contribution in [-0.2, 0) is 14.3 Å². The summed E-state index contributed by atoms with van der Waals surface area (Å²) in [6.07, 6.45) is -0.915. The first kappa shape index (κ1) is 21.8. The van der Waals surface area contributed by atoms with Crippen LogP contribution < -0.4 is 10.1 Å². The molecule has 148 valence electrons. The molecule has 7 nitrogen and oxygen atoms in total. The molecule has 0 bridgehead atoms.